The van der Waals surface area contributed by atoms with E-state index >= 15 is 0 Å². The van der Waals surface area contributed by atoms with Crippen LogP contribution in [-0.4, -0.2) is 36.2 Å². The van der Waals surface area contributed by atoms with E-state index in [1.54, 1.807) is 0 Å². The Balaban J connectivity index is 1.39. The lowest BCUT2D eigenvalue weighted by Gasteiger charge is -2.31. The molecule has 31 heavy (non-hydrogen) atoms. The van der Waals surface area contributed by atoms with E-state index < -0.39 is 41.3 Å². The predicted molar refractivity (Wildman–Crippen MR) is 104 cm³/mol. The molecule has 4 rings (SSSR count). The van der Waals surface area contributed by atoms with Crippen molar-refractivity contribution in [3.8, 4) is 12.1 Å². The molecule has 0 amide bonds. The summed E-state index contributed by atoms with van der Waals surface area (Å²) in [5.41, 5.74) is -0.524. The molecule has 166 valence electrons. The molecule has 0 spiro atoms. The summed E-state index contributed by atoms with van der Waals surface area (Å²) in [7, 11) is 0. The number of rotatable bonds is 5. The van der Waals surface area contributed by atoms with Gasteiger partial charge in [0.05, 0.1) is 35.3 Å². The van der Waals surface area contributed by atoms with Crippen LogP contribution in [0.25, 0.3) is 0 Å². The number of ether oxygens (including phenoxy) is 3. The molecule has 0 aromatic heterocycles. The molecule has 2 bridgehead atoms. The Hall–Kier alpha value is -2.61. The van der Waals surface area contributed by atoms with E-state index in [9.17, 15) is 24.9 Å². The van der Waals surface area contributed by atoms with Gasteiger partial charge in [-0.15, -0.1) is 0 Å². The first-order valence-corrected chi connectivity index (χ1v) is 11.1. The van der Waals surface area contributed by atoms with Crippen molar-refractivity contribution in [1.29, 1.82) is 10.5 Å². The van der Waals surface area contributed by atoms with Gasteiger partial charge in [-0.1, -0.05) is 6.92 Å². The molecule has 9 atom stereocenters. The van der Waals surface area contributed by atoms with Gasteiger partial charge in [0.2, 0.25) is 0 Å². The van der Waals surface area contributed by atoms with Crippen molar-refractivity contribution in [2.75, 3.05) is 0 Å². The van der Waals surface area contributed by atoms with E-state index in [0.717, 1.165) is 6.42 Å². The lowest BCUT2D eigenvalue weighted by atomic mass is 9.86. The number of carbonyl (C=O) groups excluding carboxylic acids is 3. The van der Waals surface area contributed by atoms with Gasteiger partial charge >= 0.3 is 17.9 Å². The molecule has 4 aliphatic rings. The molecule has 1 saturated heterocycles. The fourth-order valence-corrected chi connectivity index (χ4v) is 5.68. The van der Waals surface area contributed by atoms with Crippen LogP contribution in [0.1, 0.15) is 52.9 Å². The molecule has 1 heterocycles. The van der Waals surface area contributed by atoms with Gasteiger partial charge in [0.15, 0.2) is 5.92 Å². The van der Waals surface area contributed by atoms with Crippen molar-refractivity contribution in [1.82, 2.24) is 0 Å². The molecule has 0 N–H and O–H groups in total. The summed E-state index contributed by atoms with van der Waals surface area (Å²) in [6, 6.07) is 4.09. The number of hydrogen-bond acceptors (Lipinski definition) is 8. The van der Waals surface area contributed by atoms with Gasteiger partial charge < -0.3 is 14.2 Å². The van der Waals surface area contributed by atoms with Gasteiger partial charge in [0.25, 0.3) is 0 Å². The van der Waals surface area contributed by atoms with E-state index in [2.05, 4.69) is 6.07 Å². The molecule has 4 fully saturated rings. The third kappa shape index (κ3) is 3.56. The average molecular weight is 428 g/mol. The standard InChI is InChI=1S/C23H28N2O6/c1-4-23(2,3)22(28)30-16-7-11-5-12(16)6-14(11)20(26)31-19-13(9-24)8-17-18(19)15(10-25)21(27)29-17/h11-19H,4-8H2,1-3H3. The Labute approximate surface area is 181 Å². The van der Waals surface area contributed by atoms with Crippen LogP contribution < -0.4 is 0 Å². The molecule has 0 aromatic rings. The zero-order valence-electron chi connectivity index (χ0n) is 18.1. The summed E-state index contributed by atoms with van der Waals surface area (Å²) in [5.74, 6) is -3.47. The first-order valence-electron chi connectivity index (χ1n) is 11.1. The molecule has 9 unspecified atom stereocenters. The van der Waals surface area contributed by atoms with Crippen LogP contribution in [0.4, 0.5) is 0 Å². The first kappa shape index (κ1) is 21.6. The Morgan fingerprint density at radius 1 is 1.10 bits per heavy atom. The van der Waals surface area contributed by atoms with Crippen molar-refractivity contribution >= 4 is 17.9 Å². The van der Waals surface area contributed by atoms with Crippen LogP contribution in [0.3, 0.4) is 0 Å². The Bertz CT molecular complexity index is 870. The number of esters is 3. The zero-order chi connectivity index (χ0) is 22.5. The van der Waals surface area contributed by atoms with Crippen LogP contribution in [0.15, 0.2) is 0 Å². The molecule has 0 radical (unpaired) electrons. The van der Waals surface area contributed by atoms with Crippen molar-refractivity contribution in [3.63, 3.8) is 0 Å². The van der Waals surface area contributed by atoms with Crippen LogP contribution in [0, 0.1) is 63.6 Å². The minimum Gasteiger partial charge on any atom is -0.462 e. The molecule has 0 aromatic carbocycles. The van der Waals surface area contributed by atoms with Crippen molar-refractivity contribution in [3.05, 3.63) is 0 Å². The number of fused-ring (bicyclic) bond motifs is 3. The summed E-state index contributed by atoms with van der Waals surface area (Å²) < 4.78 is 16.8. The largest absolute Gasteiger partial charge is 0.462 e. The van der Waals surface area contributed by atoms with Gasteiger partial charge in [-0.05, 0) is 51.4 Å². The highest BCUT2D eigenvalue weighted by Gasteiger charge is 2.59. The highest BCUT2D eigenvalue weighted by molar-refractivity contribution is 5.79. The first-order chi connectivity index (χ1) is 14.7. The number of carbonyl (C=O) groups is 3. The van der Waals surface area contributed by atoms with E-state index in [1.165, 1.54) is 0 Å². The second-order valence-corrected chi connectivity index (χ2v) is 10.0. The fourth-order valence-electron chi connectivity index (χ4n) is 5.68. The van der Waals surface area contributed by atoms with E-state index in [4.69, 9.17) is 14.2 Å². The minimum atomic E-state index is -1.01. The molecule has 3 aliphatic carbocycles. The average Bonchev–Trinajstić information content (AvgIpc) is 3.47. The molecule has 8 heteroatoms. The fraction of sp³-hybridized carbons (Fsp3) is 0.783. The maximum absolute atomic E-state index is 13.0. The number of nitriles is 2. The van der Waals surface area contributed by atoms with Crippen molar-refractivity contribution in [2.24, 2.45) is 40.9 Å². The highest BCUT2D eigenvalue weighted by atomic mass is 16.6. The summed E-state index contributed by atoms with van der Waals surface area (Å²) in [6.45, 7) is 5.69. The summed E-state index contributed by atoms with van der Waals surface area (Å²) >= 11 is 0. The SMILES string of the molecule is CCC(C)(C)C(=O)OC1CC2CC1CC2C(=O)OC1C(C#N)CC2OC(=O)C(C#N)C21. The van der Waals surface area contributed by atoms with Gasteiger partial charge in [-0.25, -0.2) is 0 Å². The number of nitrogens with zero attached hydrogens (tertiary/aromatic N) is 2. The molecular formula is C23H28N2O6. The number of hydrogen-bond donors (Lipinski definition) is 0. The Kier molecular flexibility index (Phi) is 5.45. The second-order valence-electron chi connectivity index (χ2n) is 10.0. The van der Waals surface area contributed by atoms with Crippen LogP contribution in [0.5, 0.6) is 0 Å². The normalized spacial score (nSPS) is 40.5. The molecule has 3 saturated carbocycles. The van der Waals surface area contributed by atoms with Crippen LogP contribution >= 0.6 is 0 Å². The van der Waals surface area contributed by atoms with Gasteiger partial charge in [0, 0.05) is 6.42 Å². The van der Waals surface area contributed by atoms with Gasteiger partial charge in [-0.3, -0.25) is 14.4 Å². The summed E-state index contributed by atoms with van der Waals surface area (Å²) in [6.07, 6.45) is 1.48. The van der Waals surface area contributed by atoms with Crippen molar-refractivity contribution in [2.45, 2.75) is 71.2 Å². The minimum absolute atomic E-state index is 0.0750. The maximum atomic E-state index is 13.0. The van der Waals surface area contributed by atoms with Crippen molar-refractivity contribution < 1.29 is 28.6 Å². The van der Waals surface area contributed by atoms with Gasteiger partial charge in [-0.2, -0.15) is 10.5 Å². The Morgan fingerprint density at radius 3 is 2.42 bits per heavy atom. The van der Waals surface area contributed by atoms with Gasteiger partial charge in [0.1, 0.15) is 18.3 Å². The zero-order valence-corrected chi connectivity index (χ0v) is 18.1. The summed E-state index contributed by atoms with van der Waals surface area (Å²) in [5, 5.41) is 18.8. The third-order valence-electron chi connectivity index (χ3n) is 7.94. The van der Waals surface area contributed by atoms with Crippen LogP contribution in [-0.2, 0) is 28.6 Å². The molecule has 8 nitrogen and oxygen atoms in total. The smallest absolute Gasteiger partial charge is 0.324 e. The van der Waals surface area contributed by atoms with E-state index in [0.29, 0.717) is 19.3 Å². The van der Waals surface area contributed by atoms with Crippen LogP contribution in [0.2, 0.25) is 0 Å². The lowest BCUT2D eigenvalue weighted by Crippen LogP contribution is -2.38. The Morgan fingerprint density at radius 2 is 1.84 bits per heavy atom. The summed E-state index contributed by atoms with van der Waals surface area (Å²) in [4.78, 5) is 37.3. The molecular weight excluding hydrogens is 400 g/mol. The third-order valence-corrected chi connectivity index (χ3v) is 7.94. The maximum Gasteiger partial charge on any atom is 0.324 e. The lowest BCUT2D eigenvalue weighted by molar-refractivity contribution is -0.166. The molecule has 1 aliphatic heterocycles. The predicted octanol–water partition coefficient (Wildman–Crippen LogP) is 2.52. The quantitative estimate of drug-likeness (QED) is 0.483. The second kappa shape index (κ2) is 7.82. The highest BCUT2D eigenvalue weighted by Crippen LogP contribution is 2.52. The van der Waals surface area contributed by atoms with E-state index in [-0.39, 0.29) is 42.2 Å². The monoisotopic (exact) mass is 428 g/mol. The van der Waals surface area contributed by atoms with E-state index in [1.807, 2.05) is 26.8 Å². The topological polar surface area (TPSA) is 126 Å².